The molecule has 7 nitrogen and oxygen atoms in total. The molecule has 1 amide bonds. The lowest BCUT2D eigenvalue weighted by molar-refractivity contribution is -0.140. The van der Waals surface area contributed by atoms with E-state index in [1.54, 1.807) is 18.2 Å². The number of hydrogen-bond acceptors (Lipinski definition) is 6. The van der Waals surface area contributed by atoms with Crippen molar-refractivity contribution in [2.24, 2.45) is 0 Å². The highest BCUT2D eigenvalue weighted by atomic mass is 16.5. The number of aliphatic hydroxyl groups is 1. The molecule has 158 valence electrons. The molecule has 1 saturated heterocycles. The summed E-state index contributed by atoms with van der Waals surface area (Å²) < 4.78 is 15.7. The highest BCUT2D eigenvalue weighted by Crippen LogP contribution is 2.42. The predicted octanol–water partition coefficient (Wildman–Crippen LogP) is 3.08. The van der Waals surface area contributed by atoms with Crippen LogP contribution in [0.15, 0.2) is 48.0 Å². The van der Waals surface area contributed by atoms with Gasteiger partial charge in [0.15, 0.2) is 0 Å². The van der Waals surface area contributed by atoms with E-state index in [0.29, 0.717) is 17.1 Å². The first kappa shape index (κ1) is 21.4. The molecule has 2 aromatic carbocycles. The minimum absolute atomic E-state index is 0.0221. The molecule has 2 aromatic rings. The maximum atomic E-state index is 13.0. The van der Waals surface area contributed by atoms with Gasteiger partial charge in [-0.3, -0.25) is 9.59 Å². The average Bonchev–Trinajstić information content (AvgIpc) is 3.01. The quantitative estimate of drug-likeness (QED) is 0.428. The lowest BCUT2D eigenvalue weighted by atomic mass is 9.92. The summed E-state index contributed by atoms with van der Waals surface area (Å²) in [4.78, 5) is 27.3. The maximum absolute atomic E-state index is 13.0. The molecule has 0 aromatic heterocycles. The molecule has 0 aliphatic carbocycles. The summed E-state index contributed by atoms with van der Waals surface area (Å²) in [5.41, 5.74) is 2.00. The van der Waals surface area contributed by atoms with Crippen molar-refractivity contribution in [2.75, 3.05) is 34.5 Å². The zero-order chi connectivity index (χ0) is 21.8. The zero-order valence-electron chi connectivity index (χ0n) is 17.5. The first-order valence-electron chi connectivity index (χ1n) is 9.49. The molecule has 0 radical (unpaired) electrons. The number of Topliss-reactive ketones (excluding diaryl/α,β-unsaturated/α-hetero) is 1. The maximum Gasteiger partial charge on any atom is 0.295 e. The van der Waals surface area contributed by atoms with Gasteiger partial charge in [0.25, 0.3) is 11.7 Å². The number of nitrogens with zero attached hydrogens (tertiary/aromatic N) is 1. The second-order valence-electron chi connectivity index (χ2n) is 6.91. The lowest BCUT2D eigenvalue weighted by Gasteiger charge is -2.26. The summed E-state index contributed by atoms with van der Waals surface area (Å²) >= 11 is 0. The van der Waals surface area contributed by atoms with Crippen molar-refractivity contribution in [1.29, 1.82) is 0 Å². The van der Waals surface area contributed by atoms with Crippen molar-refractivity contribution in [3.63, 3.8) is 0 Å². The van der Waals surface area contributed by atoms with E-state index in [-0.39, 0.29) is 24.5 Å². The van der Waals surface area contributed by atoms with Crippen molar-refractivity contribution in [3.05, 3.63) is 64.7 Å². The molecule has 1 fully saturated rings. The first-order valence-corrected chi connectivity index (χ1v) is 9.49. The molecule has 0 spiro atoms. The van der Waals surface area contributed by atoms with Gasteiger partial charge in [0.2, 0.25) is 0 Å². The second kappa shape index (κ2) is 9.00. The molecule has 1 N–H and O–H groups in total. The van der Waals surface area contributed by atoms with Gasteiger partial charge in [0.1, 0.15) is 17.3 Å². The van der Waals surface area contributed by atoms with Gasteiger partial charge >= 0.3 is 0 Å². The van der Waals surface area contributed by atoms with E-state index in [2.05, 4.69) is 0 Å². The third-order valence-electron chi connectivity index (χ3n) is 5.22. The van der Waals surface area contributed by atoms with Gasteiger partial charge in [0.05, 0.1) is 38.0 Å². The molecule has 30 heavy (non-hydrogen) atoms. The number of ether oxygens (including phenoxy) is 3. The number of likely N-dealkylation sites (tertiary alicyclic amines) is 1. The Bertz CT molecular complexity index is 997. The fraction of sp³-hybridized carbons (Fsp3) is 0.304. The molecule has 1 aliphatic heterocycles. The number of rotatable bonds is 7. The SMILES string of the molecule is COCCN1C(=O)C(=O)/C(=C(/O)c2ccc(OC)cc2OC)C1c1ccccc1C. The monoisotopic (exact) mass is 411 g/mol. The van der Waals surface area contributed by atoms with Crippen LogP contribution in [0.5, 0.6) is 11.5 Å². The van der Waals surface area contributed by atoms with Gasteiger partial charge in [0, 0.05) is 19.7 Å². The number of hydrogen-bond donors (Lipinski definition) is 1. The smallest absolute Gasteiger partial charge is 0.295 e. The Hall–Kier alpha value is -3.32. The van der Waals surface area contributed by atoms with Crippen LogP contribution >= 0.6 is 0 Å². The van der Waals surface area contributed by atoms with Gasteiger partial charge in [-0.1, -0.05) is 24.3 Å². The molecule has 1 heterocycles. The van der Waals surface area contributed by atoms with E-state index in [0.717, 1.165) is 11.1 Å². The van der Waals surface area contributed by atoms with Crippen molar-refractivity contribution < 1.29 is 28.9 Å². The molecule has 3 rings (SSSR count). The molecule has 7 heteroatoms. The predicted molar refractivity (Wildman–Crippen MR) is 112 cm³/mol. The Morgan fingerprint density at radius 3 is 2.43 bits per heavy atom. The zero-order valence-corrected chi connectivity index (χ0v) is 17.5. The number of aryl methyl sites for hydroxylation is 1. The molecule has 0 bridgehead atoms. The standard InChI is InChI=1S/C23H25NO6/c1-14-7-5-6-8-16(14)20-19(22(26)23(27)24(20)11-12-28-2)21(25)17-10-9-15(29-3)13-18(17)30-4/h5-10,13,20,25H,11-12H2,1-4H3/b21-19+. The third-order valence-corrected chi connectivity index (χ3v) is 5.22. The number of methoxy groups -OCH3 is 3. The van der Waals surface area contributed by atoms with Crippen molar-refractivity contribution in [1.82, 2.24) is 4.90 Å². The van der Waals surface area contributed by atoms with Gasteiger partial charge in [-0.2, -0.15) is 0 Å². The van der Waals surface area contributed by atoms with Crippen molar-refractivity contribution >= 4 is 17.4 Å². The van der Waals surface area contributed by atoms with Gasteiger partial charge in [-0.15, -0.1) is 0 Å². The first-order chi connectivity index (χ1) is 14.4. The number of carbonyl (C=O) groups is 2. The fourth-order valence-corrected chi connectivity index (χ4v) is 3.66. The number of aliphatic hydroxyl groups excluding tert-OH is 1. The lowest BCUT2D eigenvalue weighted by Crippen LogP contribution is -2.32. The minimum atomic E-state index is -0.741. The van der Waals surface area contributed by atoms with Gasteiger partial charge in [-0.25, -0.2) is 0 Å². The second-order valence-corrected chi connectivity index (χ2v) is 6.91. The topological polar surface area (TPSA) is 85.3 Å². The molecule has 1 aliphatic rings. The molecular formula is C23H25NO6. The summed E-state index contributed by atoms with van der Waals surface area (Å²) in [6.45, 7) is 2.39. The highest BCUT2D eigenvalue weighted by Gasteiger charge is 2.46. The third kappa shape index (κ3) is 3.76. The van der Waals surface area contributed by atoms with Crippen LogP contribution in [0.4, 0.5) is 0 Å². The van der Waals surface area contributed by atoms with E-state index in [9.17, 15) is 14.7 Å². The van der Waals surface area contributed by atoms with Crippen molar-refractivity contribution in [3.8, 4) is 11.5 Å². The largest absolute Gasteiger partial charge is 0.507 e. The average molecular weight is 411 g/mol. The van der Waals surface area contributed by atoms with Gasteiger partial charge in [-0.05, 0) is 30.2 Å². The number of carbonyl (C=O) groups excluding carboxylic acids is 2. The van der Waals surface area contributed by atoms with E-state index in [1.807, 2.05) is 31.2 Å². The summed E-state index contributed by atoms with van der Waals surface area (Å²) in [6, 6.07) is 11.6. The van der Waals surface area contributed by atoms with E-state index in [4.69, 9.17) is 14.2 Å². The van der Waals surface area contributed by atoms with Crippen LogP contribution in [0.1, 0.15) is 22.7 Å². The number of ketones is 1. The highest BCUT2D eigenvalue weighted by molar-refractivity contribution is 6.46. The van der Waals surface area contributed by atoms with Gasteiger partial charge < -0.3 is 24.2 Å². The van der Waals surface area contributed by atoms with E-state index >= 15 is 0 Å². The molecule has 1 unspecified atom stereocenters. The normalized spacial score (nSPS) is 18.0. The van der Waals surface area contributed by atoms with Crippen LogP contribution in [0.2, 0.25) is 0 Å². The number of amides is 1. The van der Waals surface area contributed by atoms with Crippen LogP contribution in [-0.4, -0.2) is 56.2 Å². The summed E-state index contributed by atoms with van der Waals surface area (Å²) in [7, 11) is 4.51. The van der Waals surface area contributed by atoms with Crippen LogP contribution in [0, 0.1) is 6.92 Å². The molecule has 1 atom stereocenters. The van der Waals surface area contributed by atoms with Crippen LogP contribution in [0.3, 0.4) is 0 Å². The Labute approximate surface area is 175 Å². The van der Waals surface area contributed by atoms with E-state index < -0.39 is 17.7 Å². The van der Waals surface area contributed by atoms with E-state index in [1.165, 1.54) is 26.2 Å². The number of benzene rings is 2. The summed E-state index contributed by atoms with van der Waals surface area (Å²) in [6.07, 6.45) is 0. The fourth-order valence-electron chi connectivity index (χ4n) is 3.66. The summed E-state index contributed by atoms with van der Waals surface area (Å²) in [5, 5.41) is 11.2. The van der Waals surface area contributed by atoms with Crippen LogP contribution in [-0.2, 0) is 14.3 Å². The Morgan fingerprint density at radius 2 is 1.80 bits per heavy atom. The Kier molecular flexibility index (Phi) is 6.42. The molecular weight excluding hydrogens is 386 g/mol. The Balaban J connectivity index is 2.23. The minimum Gasteiger partial charge on any atom is -0.507 e. The van der Waals surface area contributed by atoms with Crippen LogP contribution < -0.4 is 9.47 Å². The van der Waals surface area contributed by atoms with Crippen molar-refractivity contribution in [2.45, 2.75) is 13.0 Å². The molecule has 0 saturated carbocycles. The Morgan fingerprint density at radius 1 is 1.07 bits per heavy atom. The summed E-state index contributed by atoms with van der Waals surface area (Å²) in [5.74, 6) is -0.831. The van der Waals surface area contributed by atoms with Crippen LogP contribution in [0.25, 0.3) is 5.76 Å².